The fraction of sp³-hybridized carbons (Fsp3) is 0.778. The average molecular weight is 139 g/mol. The molecule has 0 heterocycles. The molecular weight excluding hydrogens is 122 g/mol. The van der Waals surface area contributed by atoms with E-state index in [-0.39, 0.29) is 0 Å². The van der Waals surface area contributed by atoms with Crippen LogP contribution in [-0.4, -0.2) is 12.6 Å². The van der Waals surface area contributed by atoms with Gasteiger partial charge >= 0.3 is 0 Å². The molecule has 10 heavy (non-hydrogen) atoms. The molecule has 0 aromatic heterocycles. The Bertz CT molecular complexity index is 118. The maximum Gasteiger partial charge on any atom is 0.0130 e. The quantitative estimate of drug-likeness (QED) is 0.577. The molecule has 0 radical (unpaired) electrons. The van der Waals surface area contributed by atoms with E-state index in [1.54, 1.807) is 0 Å². The van der Waals surface area contributed by atoms with Gasteiger partial charge in [-0.3, -0.25) is 0 Å². The summed E-state index contributed by atoms with van der Waals surface area (Å²) in [6, 6.07) is 0.731. The van der Waals surface area contributed by atoms with Crippen LogP contribution in [0.3, 0.4) is 0 Å². The Labute approximate surface area is 63.5 Å². The molecule has 58 valence electrons. The van der Waals surface area contributed by atoms with Crippen LogP contribution in [0, 0.1) is 5.92 Å². The van der Waals surface area contributed by atoms with Crippen molar-refractivity contribution >= 4 is 0 Å². The molecule has 0 spiro atoms. The highest BCUT2D eigenvalue weighted by atomic mass is 14.9. The molecule has 0 fully saturated rings. The lowest BCUT2D eigenvalue weighted by molar-refractivity contribution is 0.375. The highest BCUT2D eigenvalue weighted by Crippen LogP contribution is 2.17. The topological polar surface area (TPSA) is 12.0 Å². The van der Waals surface area contributed by atoms with Crippen molar-refractivity contribution < 1.29 is 0 Å². The number of hydrogen-bond donors (Lipinski definition) is 1. The van der Waals surface area contributed by atoms with E-state index >= 15 is 0 Å². The molecule has 1 unspecified atom stereocenters. The minimum absolute atomic E-state index is 0.731. The molecule has 1 aliphatic rings. The summed E-state index contributed by atoms with van der Waals surface area (Å²) in [7, 11) is 0. The average Bonchev–Trinajstić information content (AvgIpc) is 1.94. The van der Waals surface area contributed by atoms with Crippen LogP contribution in [0.25, 0.3) is 0 Å². The van der Waals surface area contributed by atoms with E-state index in [0.29, 0.717) is 0 Å². The molecule has 1 N–H and O–H groups in total. The van der Waals surface area contributed by atoms with Gasteiger partial charge in [-0.15, -0.1) is 0 Å². The van der Waals surface area contributed by atoms with E-state index in [9.17, 15) is 0 Å². The first-order chi connectivity index (χ1) is 4.84. The lowest BCUT2D eigenvalue weighted by atomic mass is 9.91. The molecule has 0 aliphatic heterocycles. The third-order valence-corrected chi connectivity index (χ3v) is 2.22. The van der Waals surface area contributed by atoms with Gasteiger partial charge in [-0.05, 0) is 25.3 Å². The third-order valence-electron chi connectivity index (χ3n) is 2.22. The molecule has 1 aliphatic carbocycles. The Kier molecular flexibility index (Phi) is 2.94. The summed E-state index contributed by atoms with van der Waals surface area (Å²) in [5.74, 6) is 0.824. The van der Waals surface area contributed by atoms with Gasteiger partial charge in [-0.1, -0.05) is 26.0 Å². The molecular formula is C9H17N. The summed E-state index contributed by atoms with van der Waals surface area (Å²) in [5, 5.41) is 3.48. The molecule has 1 rings (SSSR count). The van der Waals surface area contributed by atoms with Crippen LogP contribution >= 0.6 is 0 Å². The van der Waals surface area contributed by atoms with Crippen LogP contribution in [0.2, 0.25) is 0 Å². The highest BCUT2D eigenvalue weighted by Gasteiger charge is 2.15. The third kappa shape index (κ3) is 1.84. The van der Waals surface area contributed by atoms with E-state index in [4.69, 9.17) is 0 Å². The zero-order chi connectivity index (χ0) is 7.40. The van der Waals surface area contributed by atoms with Gasteiger partial charge in [0.05, 0.1) is 0 Å². The fourth-order valence-corrected chi connectivity index (χ4v) is 1.50. The number of rotatable bonds is 2. The van der Waals surface area contributed by atoms with E-state index in [2.05, 4.69) is 31.3 Å². The number of hydrogen-bond acceptors (Lipinski definition) is 1. The predicted octanol–water partition coefficient (Wildman–Crippen LogP) is 1.95. The van der Waals surface area contributed by atoms with E-state index in [0.717, 1.165) is 18.5 Å². The number of allylic oxidation sites excluding steroid dienone is 1. The monoisotopic (exact) mass is 139 g/mol. The van der Waals surface area contributed by atoms with Crippen molar-refractivity contribution in [3.05, 3.63) is 12.2 Å². The molecule has 2 atom stereocenters. The molecule has 0 aromatic rings. The first-order valence-corrected chi connectivity index (χ1v) is 4.23. The largest absolute Gasteiger partial charge is 0.314 e. The van der Waals surface area contributed by atoms with Gasteiger partial charge in [0.15, 0.2) is 0 Å². The Morgan fingerprint density at radius 3 is 2.70 bits per heavy atom. The molecule has 1 nitrogen and oxygen atoms in total. The molecule has 0 saturated heterocycles. The van der Waals surface area contributed by atoms with Crippen LogP contribution in [0.5, 0.6) is 0 Å². The van der Waals surface area contributed by atoms with Crippen LogP contribution in [0.15, 0.2) is 12.2 Å². The molecule has 0 saturated carbocycles. The van der Waals surface area contributed by atoms with E-state index in [1.807, 2.05) is 0 Å². The fourth-order valence-electron chi connectivity index (χ4n) is 1.50. The van der Waals surface area contributed by atoms with Crippen molar-refractivity contribution in [1.82, 2.24) is 5.32 Å². The van der Waals surface area contributed by atoms with Crippen LogP contribution < -0.4 is 5.32 Å². The van der Waals surface area contributed by atoms with Gasteiger partial charge in [-0.2, -0.15) is 0 Å². The second kappa shape index (κ2) is 3.77. The van der Waals surface area contributed by atoms with Crippen LogP contribution in [-0.2, 0) is 0 Å². The minimum Gasteiger partial charge on any atom is -0.314 e. The predicted molar refractivity (Wildman–Crippen MR) is 45.0 cm³/mol. The van der Waals surface area contributed by atoms with Crippen molar-refractivity contribution in [2.24, 2.45) is 5.92 Å². The molecule has 0 amide bonds. The van der Waals surface area contributed by atoms with Gasteiger partial charge in [-0.25, -0.2) is 0 Å². The van der Waals surface area contributed by atoms with Crippen LogP contribution in [0.4, 0.5) is 0 Å². The first-order valence-electron chi connectivity index (χ1n) is 4.23. The van der Waals surface area contributed by atoms with Gasteiger partial charge in [0.1, 0.15) is 0 Å². The van der Waals surface area contributed by atoms with Crippen molar-refractivity contribution in [3.8, 4) is 0 Å². The first kappa shape index (κ1) is 7.80. The Hall–Kier alpha value is -0.300. The summed E-state index contributed by atoms with van der Waals surface area (Å²) in [5.41, 5.74) is 0. The van der Waals surface area contributed by atoms with E-state index in [1.165, 1.54) is 12.8 Å². The SMILES string of the molecule is CCNC1CC=CC[C@@H]1C. The maximum absolute atomic E-state index is 3.48. The summed E-state index contributed by atoms with van der Waals surface area (Å²) in [6.45, 7) is 5.59. The summed E-state index contributed by atoms with van der Waals surface area (Å²) >= 11 is 0. The number of nitrogens with one attached hydrogen (secondary N) is 1. The molecule has 0 aromatic carbocycles. The van der Waals surface area contributed by atoms with E-state index < -0.39 is 0 Å². The zero-order valence-corrected chi connectivity index (χ0v) is 6.93. The van der Waals surface area contributed by atoms with Gasteiger partial charge in [0, 0.05) is 6.04 Å². The van der Waals surface area contributed by atoms with Crippen molar-refractivity contribution in [3.63, 3.8) is 0 Å². The lowest BCUT2D eigenvalue weighted by Gasteiger charge is -2.25. The van der Waals surface area contributed by atoms with Gasteiger partial charge in [0.2, 0.25) is 0 Å². The zero-order valence-electron chi connectivity index (χ0n) is 6.93. The smallest absolute Gasteiger partial charge is 0.0130 e. The lowest BCUT2D eigenvalue weighted by Crippen LogP contribution is -2.35. The second-order valence-corrected chi connectivity index (χ2v) is 3.08. The highest BCUT2D eigenvalue weighted by molar-refractivity contribution is 4.96. The summed E-state index contributed by atoms with van der Waals surface area (Å²) in [6.07, 6.45) is 7.04. The van der Waals surface area contributed by atoms with Crippen molar-refractivity contribution in [2.75, 3.05) is 6.54 Å². The molecule has 1 heteroatoms. The molecule has 0 bridgehead atoms. The van der Waals surface area contributed by atoms with Crippen molar-refractivity contribution in [2.45, 2.75) is 32.7 Å². The summed E-state index contributed by atoms with van der Waals surface area (Å²) < 4.78 is 0. The Morgan fingerprint density at radius 2 is 2.10 bits per heavy atom. The van der Waals surface area contributed by atoms with Gasteiger partial charge in [0.25, 0.3) is 0 Å². The van der Waals surface area contributed by atoms with Crippen molar-refractivity contribution in [1.29, 1.82) is 0 Å². The minimum atomic E-state index is 0.731. The maximum atomic E-state index is 3.48. The summed E-state index contributed by atoms with van der Waals surface area (Å²) in [4.78, 5) is 0. The normalized spacial score (nSPS) is 32.6. The van der Waals surface area contributed by atoms with Gasteiger partial charge < -0.3 is 5.32 Å². The Balaban J connectivity index is 2.35. The second-order valence-electron chi connectivity index (χ2n) is 3.08. The van der Waals surface area contributed by atoms with Crippen LogP contribution in [0.1, 0.15) is 26.7 Å². The Morgan fingerprint density at radius 1 is 1.40 bits per heavy atom. The standard InChI is InChI=1S/C9H17N/c1-3-10-9-7-5-4-6-8(9)2/h4-5,8-10H,3,6-7H2,1-2H3/t8-,9?/m0/s1.